The van der Waals surface area contributed by atoms with Crippen LogP contribution in [0.15, 0.2) is 24.3 Å². The van der Waals surface area contributed by atoms with Crippen LogP contribution in [0.2, 0.25) is 5.02 Å². The lowest BCUT2D eigenvalue weighted by molar-refractivity contribution is -0.115. The van der Waals surface area contributed by atoms with Gasteiger partial charge in [0.1, 0.15) is 0 Å². The minimum atomic E-state index is -0.0986. The van der Waals surface area contributed by atoms with Crippen molar-refractivity contribution >= 4 is 34.0 Å². The lowest BCUT2D eigenvalue weighted by Gasteiger charge is -2.15. The van der Waals surface area contributed by atoms with E-state index in [1.54, 1.807) is 6.07 Å². The van der Waals surface area contributed by atoms with E-state index in [1.807, 2.05) is 18.2 Å². The van der Waals surface area contributed by atoms with Crippen molar-refractivity contribution in [2.75, 3.05) is 5.32 Å². The van der Waals surface area contributed by atoms with Gasteiger partial charge < -0.3 is 11.1 Å². The maximum Gasteiger partial charge on any atom is 0.230 e. The molecule has 3 rings (SSSR count). The summed E-state index contributed by atoms with van der Waals surface area (Å²) in [6.07, 6.45) is 2.97. The monoisotopic (exact) mass is 321 g/mol. The van der Waals surface area contributed by atoms with Gasteiger partial charge in [-0.3, -0.25) is 4.79 Å². The fraction of sp³-hybridized carbons (Fsp3) is 0.333. The van der Waals surface area contributed by atoms with E-state index in [-0.39, 0.29) is 18.4 Å². The third-order valence-corrected chi connectivity index (χ3v) is 4.94. The van der Waals surface area contributed by atoms with Crippen LogP contribution >= 0.6 is 22.9 Å². The van der Waals surface area contributed by atoms with E-state index in [2.05, 4.69) is 10.3 Å². The smallest absolute Gasteiger partial charge is 0.230 e. The van der Waals surface area contributed by atoms with Gasteiger partial charge in [-0.05, 0) is 30.9 Å². The van der Waals surface area contributed by atoms with Gasteiger partial charge in [0.15, 0.2) is 5.13 Å². The standard InChI is InChI=1S/C15H16ClN3OS/c16-11-4-2-1-3-9(11)7-14(20)19-15-18-12-6-5-10(17)8-13(12)21-15/h1-4,10H,5-8,17H2,(H,18,19,20)/t10-/m0/s1. The number of carbonyl (C=O) groups is 1. The first kappa shape index (κ1) is 14.5. The van der Waals surface area contributed by atoms with Crippen molar-refractivity contribution in [1.82, 2.24) is 4.98 Å². The van der Waals surface area contributed by atoms with E-state index in [9.17, 15) is 4.79 Å². The number of aryl methyl sites for hydroxylation is 1. The molecule has 1 aromatic carbocycles. The van der Waals surface area contributed by atoms with Crippen molar-refractivity contribution < 1.29 is 4.79 Å². The number of rotatable bonds is 3. The van der Waals surface area contributed by atoms with Crippen LogP contribution in [0, 0.1) is 0 Å². The number of nitrogens with one attached hydrogen (secondary N) is 1. The van der Waals surface area contributed by atoms with Crippen LogP contribution in [0.3, 0.4) is 0 Å². The van der Waals surface area contributed by atoms with Crippen LogP contribution in [0.4, 0.5) is 5.13 Å². The van der Waals surface area contributed by atoms with Gasteiger partial charge in [-0.15, -0.1) is 11.3 Å². The molecule has 4 nitrogen and oxygen atoms in total. The molecule has 6 heteroatoms. The minimum Gasteiger partial charge on any atom is -0.327 e. The highest BCUT2D eigenvalue weighted by Gasteiger charge is 2.20. The molecule has 0 bridgehead atoms. The fourth-order valence-electron chi connectivity index (χ4n) is 2.43. The molecule has 1 heterocycles. The molecule has 0 spiro atoms. The van der Waals surface area contributed by atoms with Gasteiger partial charge in [0, 0.05) is 15.9 Å². The SMILES string of the molecule is N[C@H]1CCc2nc(NC(=O)Cc3ccccc3Cl)sc2C1. The van der Waals surface area contributed by atoms with E-state index in [1.165, 1.54) is 16.2 Å². The Morgan fingerprint density at radius 3 is 3.10 bits per heavy atom. The van der Waals surface area contributed by atoms with Crippen LogP contribution in [0.1, 0.15) is 22.6 Å². The van der Waals surface area contributed by atoms with E-state index in [0.29, 0.717) is 10.2 Å². The Balaban J connectivity index is 1.67. The second kappa shape index (κ2) is 6.13. The van der Waals surface area contributed by atoms with Crippen molar-refractivity contribution in [3.63, 3.8) is 0 Å². The zero-order chi connectivity index (χ0) is 14.8. The maximum atomic E-state index is 12.1. The third-order valence-electron chi connectivity index (χ3n) is 3.53. The summed E-state index contributed by atoms with van der Waals surface area (Å²) in [6.45, 7) is 0. The zero-order valence-corrected chi connectivity index (χ0v) is 13.0. The molecule has 0 unspecified atom stereocenters. The molecule has 3 N–H and O–H groups in total. The quantitative estimate of drug-likeness (QED) is 0.913. The molecule has 1 aromatic heterocycles. The number of nitrogens with zero attached hydrogens (tertiary/aromatic N) is 1. The molecule has 1 amide bonds. The lowest BCUT2D eigenvalue weighted by atomic mass is 9.99. The summed E-state index contributed by atoms with van der Waals surface area (Å²) in [4.78, 5) is 17.8. The number of aromatic nitrogens is 1. The molecule has 1 atom stereocenters. The van der Waals surface area contributed by atoms with Gasteiger partial charge in [0.2, 0.25) is 5.91 Å². The summed E-state index contributed by atoms with van der Waals surface area (Å²) in [5.74, 6) is -0.0986. The molecule has 21 heavy (non-hydrogen) atoms. The number of thiazole rings is 1. The van der Waals surface area contributed by atoms with Crippen LogP contribution in [-0.4, -0.2) is 16.9 Å². The van der Waals surface area contributed by atoms with Gasteiger partial charge in [0.25, 0.3) is 0 Å². The van der Waals surface area contributed by atoms with Crippen molar-refractivity contribution in [2.45, 2.75) is 31.7 Å². The molecule has 0 fully saturated rings. The molecule has 1 aliphatic carbocycles. The molecule has 0 saturated carbocycles. The molecule has 0 aliphatic heterocycles. The molecule has 110 valence electrons. The highest BCUT2D eigenvalue weighted by molar-refractivity contribution is 7.15. The Morgan fingerprint density at radius 2 is 2.29 bits per heavy atom. The summed E-state index contributed by atoms with van der Waals surface area (Å²) >= 11 is 7.59. The van der Waals surface area contributed by atoms with E-state index >= 15 is 0 Å². The maximum absolute atomic E-state index is 12.1. The molecule has 1 aliphatic rings. The summed E-state index contributed by atoms with van der Waals surface area (Å²) in [6, 6.07) is 7.58. The second-order valence-electron chi connectivity index (χ2n) is 5.21. The molecule has 0 saturated heterocycles. The van der Waals surface area contributed by atoms with Crippen LogP contribution in [-0.2, 0) is 24.1 Å². The predicted octanol–water partition coefficient (Wildman–Crippen LogP) is 2.79. The third kappa shape index (κ3) is 3.43. The first-order chi connectivity index (χ1) is 10.1. The second-order valence-corrected chi connectivity index (χ2v) is 6.70. The number of fused-ring (bicyclic) bond motifs is 1. The topological polar surface area (TPSA) is 68.0 Å². The summed E-state index contributed by atoms with van der Waals surface area (Å²) in [5, 5.41) is 4.13. The van der Waals surface area contributed by atoms with Gasteiger partial charge in [-0.1, -0.05) is 29.8 Å². The van der Waals surface area contributed by atoms with Gasteiger partial charge in [-0.2, -0.15) is 0 Å². The van der Waals surface area contributed by atoms with E-state index < -0.39 is 0 Å². The largest absolute Gasteiger partial charge is 0.327 e. The van der Waals surface area contributed by atoms with E-state index in [4.69, 9.17) is 17.3 Å². The number of amides is 1. The number of hydrogen-bond donors (Lipinski definition) is 2. The van der Waals surface area contributed by atoms with Crippen molar-refractivity contribution in [1.29, 1.82) is 0 Å². The van der Waals surface area contributed by atoms with Crippen molar-refractivity contribution in [2.24, 2.45) is 5.73 Å². The number of anilines is 1. The highest BCUT2D eigenvalue weighted by atomic mass is 35.5. The zero-order valence-electron chi connectivity index (χ0n) is 11.4. The van der Waals surface area contributed by atoms with Crippen LogP contribution in [0.5, 0.6) is 0 Å². The molecule has 2 aromatic rings. The normalized spacial score (nSPS) is 17.3. The Bertz CT molecular complexity index is 671. The summed E-state index contributed by atoms with van der Waals surface area (Å²) < 4.78 is 0. The van der Waals surface area contributed by atoms with Crippen LogP contribution in [0.25, 0.3) is 0 Å². The molecular weight excluding hydrogens is 306 g/mol. The number of hydrogen-bond acceptors (Lipinski definition) is 4. The molecule has 0 radical (unpaired) electrons. The van der Waals surface area contributed by atoms with Crippen molar-refractivity contribution in [3.05, 3.63) is 45.4 Å². The minimum absolute atomic E-state index is 0.0986. The summed E-state index contributed by atoms with van der Waals surface area (Å²) in [7, 11) is 0. The average molecular weight is 322 g/mol. The van der Waals surface area contributed by atoms with Gasteiger partial charge in [-0.25, -0.2) is 4.98 Å². The first-order valence-corrected chi connectivity index (χ1v) is 8.08. The lowest BCUT2D eigenvalue weighted by Crippen LogP contribution is -2.27. The van der Waals surface area contributed by atoms with Gasteiger partial charge >= 0.3 is 0 Å². The number of nitrogens with two attached hydrogens (primary N) is 1. The Hall–Kier alpha value is -1.43. The Morgan fingerprint density at radius 1 is 1.48 bits per heavy atom. The number of carbonyl (C=O) groups excluding carboxylic acids is 1. The Labute approximate surface area is 132 Å². The molecular formula is C15H16ClN3OS. The first-order valence-electron chi connectivity index (χ1n) is 6.89. The Kier molecular flexibility index (Phi) is 4.24. The van der Waals surface area contributed by atoms with Gasteiger partial charge in [0.05, 0.1) is 12.1 Å². The van der Waals surface area contributed by atoms with E-state index in [0.717, 1.165) is 30.5 Å². The average Bonchev–Trinajstić information content (AvgIpc) is 2.82. The van der Waals surface area contributed by atoms with Crippen molar-refractivity contribution in [3.8, 4) is 0 Å². The predicted molar refractivity (Wildman–Crippen MR) is 85.9 cm³/mol. The highest BCUT2D eigenvalue weighted by Crippen LogP contribution is 2.29. The summed E-state index contributed by atoms with van der Waals surface area (Å²) in [5.41, 5.74) is 7.85. The fourth-order valence-corrected chi connectivity index (χ4v) is 3.75. The number of halogens is 1. The van der Waals surface area contributed by atoms with Crippen LogP contribution < -0.4 is 11.1 Å². The number of benzene rings is 1.